The van der Waals surface area contributed by atoms with E-state index in [1.54, 1.807) is 0 Å². The normalized spacial score (nSPS) is 21.2. The minimum Gasteiger partial charge on any atom is -0.371 e. The Labute approximate surface area is 203 Å². The highest BCUT2D eigenvalue weighted by Gasteiger charge is 2.43. The van der Waals surface area contributed by atoms with Gasteiger partial charge in [0.15, 0.2) is 5.78 Å². The van der Waals surface area contributed by atoms with Gasteiger partial charge >= 0.3 is 0 Å². The summed E-state index contributed by atoms with van der Waals surface area (Å²) >= 11 is 0. The maximum atomic E-state index is 13.9. The molecule has 0 aromatic heterocycles. The zero-order chi connectivity index (χ0) is 23.6. The van der Waals surface area contributed by atoms with Crippen molar-refractivity contribution >= 4 is 17.0 Å². The third kappa shape index (κ3) is 3.34. The number of anilines is 1. The standard InChI is InChI=1S/C31H34N2O/c1-4-22-15-25-26(17-28(22)33-11-9-20(10-12-33)13-19-5-6-19)31(2,3)27-16-23-14-21(18-32)7-8-24(23)29(27)30(25)34/h7-8,14-15,17,19-20H,4-6,9-13,16H2,1-3H3. The fraction of sp³-hybridized carbons (Fsp3) is 0.484. The summed E-state index contributed by atoms with van der Waals surface area (Å²) in [6.45, 7) is 9.04. The van der Waals surface area contributed by atoms with E-state index in [4.69, 9.17) is 0 Å². The number of fused-ring (bicyclic) bond motifs is 3. The Morgan fingerprint density at radius 1 is 1.03 bits per heavy atom. The van der Waals surface area contributed by atoms with Crippen molar-refractivity contribution in [3.05, 3.63) is 69.3 Å². The first-order valence-electron chi connectivity index (χ1n) is 13.1. The first kappa shape index (κ1) is 21.7. The fourth-order valence-electron chi connectivity index (χ4n) is 6.73. The van der Waals surface area contributed by atoms with Crippen LogP contribution in [0, 0.1) is 23.2 Å². The second-order valence-corrected chi connectivity index (χ2v) is 11.5. The lowest BCUT2D eigenvalue weighted by Crippen LogP contribution is -2.36. The highest BCUT2D eigenvalue weighted by atomic mass is 16.1. The van der Waals surface area contributed by atoms with Crippen molar-refractivity contribution in [1.82, 2.24) is 0 Å². The Hall–Kier alpha value is -2.86. The lowest BCUT2D eigenvalue weighted by Gasteiger charge is -2.39. The highest BCUT2D eigenvalue weighted by Crippen LogP contribution is 2.51. The lowest BCUT2D eigenvalue weighted by atomic mass is 9.68. The Kier molecular flexibility index (Phi) is 4.99. The molecule has 3 heteroatoms. The molecule has 174 valence electrons. The van der Waals surface area contributed by atoms with Gasteiger partial charge in [-0.1, -0.05) is 39.7 Å². The Bertz CT molecular complexity index is 1260. The molecule has 2 fully saturated rings. The summed E-state index contributed by atoms with van der Waals surface area (Å²) in [6.07, 6.45) is 8.63. The van der Waals surface area contributed by atoms with E-state index in [1.807, 2.05) is 18.2 Å². The van der Waals surface area contributed by atoms with Gasteiger partial charge in [0.25, 0.3) is 0 Å². The SMILES string of the molecule is CCc1cc2c(cc1N1CCC(CC3CC3)CC1)C(C)(C)C1=C(C2=O)c2ccc(C#N)cc2C1. The van der Waals surface area contributed by atoms with Gasteiger partial charge in [0, 0.05) is 35.3 Å². The van der Waals surface area contributed by atoms with Gasteiger partial charge in [0.1, 0.15) is 0 Å². The average molecular weight is 451 g/mol. The van der Waals surface area contributed by atoms with E-state index in [0.717, 1.165) is 60.0 Å². The quantitative estimate of drug-likeness (QED) is 0.526. The summed E-state index contributed by atoms with van der Waals surface area (Å²) in [5, 5.41) is 9.36. The van der Waals surface area contributed by atoms with Gasteiger partial charge in [-0.25, -0.2) is 0 Å². The Balaban J connectivity index is 1.37. The van der Waals surface area contributed by atoms with E-state index in [9.17, 15) is 10.1 Å². The van der Waals surface area contributed by atoms with Crippen molar-refractivity contribution in [2.45, 2.75) is 71.1 Å². The van der Waals surface area contributed by atoms with Crippen LogP contribution in [0.15, 0.2) is 35.9 Å². The summed E-state index contributed by atoms with van der Waals surface area (Å²) in [5.74, 6) is 2.07. The van der Waals surface area contributed by atoms with Gasteiger partial charge in [-0.3, -0.25) is 4.79 Å². The van der Waals surface area contributed by atoms with Crippen molar-refractivity contribution in [2.24, 2.45) is 11.8 Å². The summed E-state index contributed by atoms with van der Waals surface area (Å²) in [4.78, 5) is 16.5. The number of nitriles is 1. The molecule has 2 aromatic rings. The van der Waals surface area contributed by atoms with Gasteiger partial charge in [-0.05, 0) is 96.0 Å². The summed E-state index contributed by atoms with van der Waals surface area (Å²) in [6, 6.07) is 12.6. The molecule has 2 aromatic carbocycles. The molecule has 0 radical (unpaired) electrons. The minimum absolute atomic E-state index is 0.164. The third-order valence-electron chi connectivity index (χ3n) is 8.99. The fourth-order valence-corrected chi connectivity index (χ4v) is 6.73. The minimum atomic E-state index is -0.213. The molecular weight excluding hydrogens is 416 g/mol. The molecule has 1 heterocycles. The average Bonchev–Trinajstić information content (AvgIpc) is 3.58. The summed E-state index contributed by atoms with van der Waals surface area (Å²) < 4.78 is 0. The number of nitrogens with zero attached hydrogens (tertiary/aromatic N) is 2. The van der Waals surface area contributed by atoms with Crippen molar-refractivity contribution in [1.29, 1.82) is 5.26 Å². The molecule has 0 amide bonds. The largest absolute Gasteiger partial charge is 0.371 e. The number of hydrogen-bond donors (Lipinski definition) is 0. The molecule has 1 saturated carbocycles. The van der Waals surface area contributed by atoms with Crippen molar-refractivity contribution in [2.75, 3.05) is 18.0 Å². The number of Topliss-reactive ketones (excluding diaryl/α,β-unsaturated/α-hetero) is 1. The number of carbonyl (C=O) groups is 1. The van der Waals surface area contributed by atoms with Crippen LogP contribution in [0.2, 0.25) is 0 Å². The zero-order valence-electron chi connectivity index (χ0n) is 20.7. The molecule has 3 nitrogen and oxygen atoms in total. The van der Waals surface area contributed by atoms with Crippen LogP contribution in [-0.4, -0.2) is 18.9 Å². The molecule has 4 aliphatic rings. The number of benzene rings is 2. The van der Waals surface area contributed by atoms with Crippen LogP contribution in [0.4, 0.5) is 5.69 Å². The predicted molar refractivity (Wildman–Crippen MR) is 137 cm³/mol. The number of allylic oxidation sites excluding steroid dienone is 2. The maximum Gasteiger partial charge on any atom is 0.193 e. The van der Waals surface area contributed by atoms with E-state index < -0.39 is 0 Å². The molecule has 34 heavy (non-hydrogen) atoms. The first-order chi connectivity index (χ1) is 16.4. The van der Waals surface area contributed by atoms with Crippen LogP contribution in [0.1, 0.15) is 91.1 Å². The molecule has 0 N–H and O–H groups in total. The Morgan fingerprint density at radius 2 is 1.76 bits per heavy atom. The second kappa shape index (κ2) is 7.84. The van der Waals surface area contributed by atoms with Crippen molar-refractivity contribution in [3.8, 4) is 6.07 Å². The third-order valence-corrected chi connectivity index (χ3v) is 8.99. The summed E-state index contributed by atoms with van der Waals surface area (Å²) in [7, 11) is 0. The zero-order valence-corrected chi connectivity index (χ0v) is 20.7. The Morgan fingerprint density at radius 3 is 2.44 bits per heavy atom. The highest BCUT2D eigenvalue weighted by molar-refractivity contribution is 6.33. The van der Waals surface area contributed by atoms with E-state index in [2.05, 4.69) is 43.9 Å². The van der Waals surface area contributed by atoms with Crippen LogP contribution in [0.3, 0.4) is 0 Å². The number of piperidine rings is 1. The molecular formula is C31H34N2O. The molecule has 0 bridgehead atoms. The number of ketones is 1. The van der Waals surface area contributed by atoms with E-state index in [0.29, 0.717) is 5.56 Å². The first-order valence-corrected chi connectivity index (χ1v) is 13.1. The van der Waals surface area contributed by atoms with Crippen LogP contribution in [-0.2, 0) is 18.3 Å². The monoisotopic (exact) mass is 450 g/mol. The topological polar surface area (TPSA) is 44.1 Å². The van der Waals surface area contributed by atoms with Gasteiger partial charge in [0.05, 0.1) is 11.6 Å². The van der Waals surface area contributed by atoms with Gasteiger partial charge in [-0.2, -0.15) is 5.26 Å². The van der Waals surface area contributed by atoms with Crippen LogP contribution in [0.5, 0.6) is 0 Å². The summed E-state index contributed by atoms with van der Waals surface area (Å²) in [5.41, 5.74) is 9.40. The molecule has 0 atom stereocenters. The predicted octanol–water partition coefficient (Wildman–Crippen LogP) is 6.62. The van der Waals surface area contributed by atoms with Crippen LogP contribution in [0.25, 0.3) is 5.57 Å². The van der Waals surface area contributed by atoms with E-state index >= 15 is 0 Å². The van der Waals surface area contributed by atoms with Crippen LogP contribution < -0.4 is 4.90 Å². The maximum absolute atomic E-state index is 13.9. The molecule has 0 unspecified atom stereocenters. The van der Waals surface area contributed by atoms with Gasteiger partial charge in [0.2, 0.25) is 0 Å². The van der Waals surface area contributed by atoms with Gasteiger partial charge in [-0.15, -0.1) is 0 Å². The van der Waals surface area contributed by atoms with Crippen LogP contribution >= 0.6 is 0 Å². The number of rotatable bonds is 4. The number of hydrogen-bond acceptors (Lipinski definition) is 3. The lowest BCUT2D eigenvalue weighted by molar-refractivity contribution is 0.105. The molecule has 3 aliphatic carbocycles. The van der Waals surface area contributed by atoms with E-state index in [1.165, 1.54) is 54.5 Å². The second-order valence-electron chi connectivity index (χ2n) is 11.5. The van der Waals surface area contributed by atoms with Crippen molar-refractivity contribution < 1.29 is 4.79 Å². The van der Waals surface area contributed by atoms with Crippen molar-refractivity contribution in [3.63, 3.8) is 0 Å². The number of aryl methyl sites for hydroxylation is 1. The molecule has 6 rings (SSSR count). The smallest absolute Gasteiger partial charge is 0.193 e. The number of carbonyl (C=O) groups excluding carboxylic acids is 1. The molecule has 1 saturated heterocycles. The van der Waals surface area contributed by atoms with Gasteiger partial charge < -0.3 is 4.90 Å². The molecule has 0 spiro atoms. The van der Waals surface area contributed by atoms with E-state index in [-0.39, 0.29) is 11.2 Å². The molecule has 1 aliphatic heterocycles.